The first kappa shape index (κ1) is 12.6. The number of amides is 1. The van der Waals surface area contributed by atoms with E-state index in [0.717, 1.165) is 0 Å². The molecule has 0 aromatic carbocycles. The number of terminal acetylenes is 1. The summed E-state index contributed by atoms with van der Waals surface area (Å²) in [6.45, 7) is 5.77. The largest absolute Gasteiger partial charge is 0.480 e. The summed E-state index contributed by atoms with van der Waals surface area (Å²) in [7, 11) is 0. The van der Waals surface area contributed by atoms with Gasteiger partial charge in [0.25, 0.3) is 0 Å². The average Bonchev–Trinajstić information content (AvgIpc) is 2.44. The van der Waals surface area contributed by atoms with Gasteiger partial charge in [-0.1, -0.05) is 20.8 Å². The number of nitrogens with zero attached hydrogens (tertiary/aromatic N) is 1. The van der Waals surface area contributed by atoms with Gasteiger partial charge in [0.2, 0.25) is 5.91 Å². The number of likely N-dealkylation sites (tertiary alicyclic amines) is 1. The minimum absolute atomic E-state index is 0.156. The molecule has 1 fully saturated rings. The zero-order valence-electron chi connectivity index (χ0n) is 9.86. The third-order valence-electron chi connectivity index (χ3n) is 2.76. The topological polar surface area (TPSA) is 57.6 Å². The van der Waals surface area contributed by atoms with Crippen LogP contribution in [-0.2, 0) is 9.59 Å². The minimum Gasteiger partial charge on any atom is -0.480 e. The highest BCUT2D eigenvalue weighted by Gasteiger charge is 2.43. The first-order valence-corrected chi connectivity index (χ1v) is 5.25. The third-order valence-corrected chi connectivity index (χ3v) is 2.76. The monoisotopic (exact) mass is 223 g/mol. The molecule has 0 aromatic heterocycles. The molecular formula is C12H17NO3. The first-order chi connectivity index (χ1) is 7.27. The SMILES string of the molecule is C#CC1CC(=O)N([C@H](C(=O)O)C(C)(C)C)C1. The van der Waals surface area contributed by atoms with E-state index in [1.54, 1.807) is 0 Å². The molecule has 16 heavy (non-hydrogen) atoms. The molecular weight excluding hydrogens is 206 g/mol. The van der Waals surface area contributed by atoms with Crippen molar-refractivity contribution >= 4 is 11.9 Å². The van der Waals surface area contributed by atoms with Gasteiger partial charge in [-0.05, 0) is 5.41 Å². The summed E-state index contributed by atoms with van der Waals surface area (Å²) in [6.07, 6.45) is 5.53. The van der Waals surface area contributed by atoms with E-state index in [9.17, 15) is 14.7 Å². The lowest BCUT2D eigenvalue weighted by Crippen LogP contribution is -2.50. The van der Waals surface area contributed by atoms with Crippen molar-refractivity contribution in [2.75, 3.05) is 6.54 Å². The maximum absolute atomic E-state index is 11.7. The highest BCUT2D eigenvalue weighted by Crippen LogP contribution is 2.29. The number of aliphatic carboxylic acids is 1. The molecule has 0 radical (unpaired) electrons. The van der Waals surface area contributed by atoms with E-state index in [1.807, 2.05) is 20.8 Å². The van der Waals surface area contributed by atoms with Crippen molar-refractivity contribution in [2.45, 2.75) is 33.2 Å². The van der Waals surface area contributed by atoms with Crippen LogP contribution in [0.25, 0.3) is 0 Å². The highest BCUT2D eigenvalue weighted by atomic mass is 16.4. The molecule has 0 bridgehead atoms. The summed E-state index contributed by atoms with van der Waals surface area (Å²) < 4.78 is 0. The Morgan fingerprint density at radius 2 is 2.19 bits per heavy atom. The first-order valence-electron chi connectivity index (χ1n) is 5.25. The zero-order chi connectivity index (χ0) is 12.5. The fraction of sp³-hybridized carbons (Fsp3) is 0.667. The molecule has 1 aliphatic heterocycles. The van der Waals surface area contributed by atoms with Crippen LogP contribution in [-0.4, -0.2) is 34.5 Å². The summed E-state index contributed by atoms with van der Waals surface area (Å²) in [4.78, 5) is 24.3. The Kier molecular flexibility index (Phi) is 3.27. The van der Waals surface area contributed by atoms with Gasteiger partial charge in [-0.3, -0.25) is 4.79 Å². The molecule has 88 valence electrons. The van der Waals surface area contributed by atoms with Crippen molar-refractivity contribution in [1.29, 1.82) is 0 Å². The Bertz CT molecular complexity index is 348. The van der Waals surface area contributed by atoms with E-state index >= 15 is 0 Å². The van der Waals surface area contributed by atoms with Gasteiger partial charge in [-0.15, -0.1) is 12.3 Å². The Morgan fingerprint density at radius 1 is 1.62 bits per heavy atom. The molecule has 1 unspecified atom stereocenters. The van der Waals surface area contributed by atoms with E-state index in [4.69, 9.17) is 6.42 Å². The average molecular weight is 223 g/mol. The molecule has 1 amide bonds. The molecule has 0 aliphatic carbocycles. The lowest BCUT2D eigenvalue weighted by atomic mass is 9.85. The fourth-order valence-corrected chi connectivity index (χ4v) is 2.06. The van der Waals surface area contributed by atoms with Gasteiger partial charge in [0.05, 0.1) is 0 Å². The number of carbonyl (C=O) groups excluding carboxylic acids is 1. The Labute approximate surface area is 95.6 Å². The molecule has 4 heteroatoms. The van der Waals surface area contributed by atoms with Crippen LogP contribution in [0.5, 0.6) is 0 Å². The maximum atomic E-state index is 11.7. The predicted molar refractivity (Wildman–Crippen MR) is 59.5 cm³/mol. The molecule has 0 spiro atoms. The van der Waals surface area contributed by atoms with E-state index in [2.05, 4.69) is 5.92 Å². The van der Waals surface area contributed by atoms with E-state index in [0.29, 0.717) is 6.54 Å². The molecule has 1 saturated heterocycles. The summed E-state index contributed by atoms with van der Waals surface area (Å²) in [5.41, 5.74) is -0.495. The Balaban J connectivity index is 2.94. The van der Waals surface area contributed by atoms with Crippen molar-refractivity contribution in [1.82, 2.24) is 4.90 Å². The second-order valence-electron chi connectivity index (χ2n) is 5.22. The molecule has 0 aromatic rings. The van der Waals surface area contributed by atoms with Crippen molar-refractivity contribution < 1.29 is 14.7 Å². The van der Waals surface area contributed by atoms with Crippen LogP contribution in [0.4, 0.5) is 0 Å². The fourth-order valence-electron chi connectivity index (χ4n) is 2.06. The van der Waals surface area contributed by atoms with Crippen LogP contribution in [0, 0.1) is 23.7 Å². The Morgan fingerprint density at radius 3 is 2.50 bits per heavy atom. The number of hydrogen-bond acceptors (Lipinski definition) is 2. The van der Waals surface area contributed by atoms with Crippen LogP contribution in [0.15, 0.2) is 0 Å². The second kappa shape index (κ2) is 4.17. The standard InChI is InChI=1S/C12H17NO3/c1-5-8-6-9(14)13(7-8)10(11(15)16)12(2,3)4/h1,8,10H,6-7H2,2-4H3,(H,15,16)/t8?,10-/m1/s1. The van der Waals surface area contributed by atoms with Crippen LogP contribution >= 0.6 is 0 Å². The van der Waals surface area contributed by atoms with Gasteiger partial charge >= 0.3 is 5.97 Å². The summed E-state index contributed by atoms with van der Waals surface area (Å²) in [6, 6.07) is -0.807. The van der Waals surface area contributed by atoms with Gasteiger partial charge < -0.3 is 10.0 Å². The smallest absolute Gasteiger partial charge is 0.326 e. The van der Waals surface area contributed by atoms with Crippen molar-refractivity contribution in [3.8, 4) is 12.3 Å². The van der Waals surface area contributed by atoms with E-state index < -0.39 is 17.4 Å². The van der Waals surface area contributed by atoms with Crippen molar-refractivity contribution in [3.63, 3.8) is 0 Å². The van der Waals surface area contributed by atoms with E-state index in [-0.39, 0.29) is 18.2 Å². The summed E-state index contributed by atoms with van der Waals surface area (Å²) in [5.74, 6) is 1.22. The number of hydrogen-bond donors (Lipinski definition) is 1. The Hall–Kier alpha value is -1.50. The molecule has 4 nitrogen and oxygen atoms in total. The van der Waals surface area contributed by atoms with Crippen LogP contribution < -0.4 is 0 Å². The van der Waals surface area contributed by atoms with Crippen LogP contribution in [0.1, 0.15) is 27.2 Å². The van der Waals surface area contributed by atoms with Crippen LogP contribution in [0.2, 0.25) is 0 Å². The van der Waals surface area contributed by atoms with Gasteiger partial charge in [-0.2, -0.15) is 0 Å². The minimum atomic E-state index is -0.974. The predicted octanol–water partition coefficient (Wildman–Crippen LogP) is 0.967. The maximum Gasteiger partial charge on any atom is 0.326 e. The van der Waals surface area contributed by atoms with Crippen molar-refractivity contribution in [3.05, 3.63) is 0 Å². The normalized spacial score (nSPS) is 23.0. The number of carbonyl (C=O) groups is 2. The molecule has 1 rings (SSSR count). The summed E-state index contributed by atoms with van der Waals surface area (Å²) >= 11 is 0. The number of rotatable bonds is 2. The molecule has 1 N–H and O–H groups in total. The van der Waals surface area contributed by atoms with Gasteiger partial charge in [0.15, 0.2) is 0 Å². The van der Waals surface area contributed by atoms with Gasteiger partial charge in [0.1, 0.15) is 6.04 Å². The molecule has 1 heterocycles. The molecule has 0 saturated carbocycles. The second-order valence-corrected chi connectivity index (χ2v) is 5.22. The molecule has 1 aliphatic rings. The zero-order valence-corrected chi connectivity index (χ0v) is 9.86. The number of carboxylic acid groups (broad SMARTS) is 1. The van der Waals surface area contributed by atoms with Crippen LogP contribution in [0.3, 0.4) is 0 Å². The third kappa shape index (κ3) is 2.35. The number of carboxylic acids is 1. The lowest BCUT2D eigenvalue weighted by Gasteiger charge is -2.34. The molecule has 2 atom stereocenters. The van der Waals surface area contributed by atoms with Gasteiger partial charge in [0, 0.05) is 18.9 Å². The quantitative estimate of drug-likeness (QED) is 0.710. The van der Waals surface area contributed by atoms with E-state index in [1.165, 1.54) is 4.90 Å². The lowest BCUT2D eigenvalue weighted by molar-refractivity contribution is -0.153. The van der Waals surface area contributed by atoms with Crippen molar-refractivity contribution in [2.24, 2.45) is 11.3 Å². The summed E-state index contributed by atoms with van der Waals surface area (Å²) in [5, 5.41) is 9.20. The van der Waals surface area contributed by atoms with Gasteiger partial charge in [-0.25, -0.2) is 4.79 Å². The highest BCUT2D eigenvalue weighted by molar-refractivity contribution is 5.86.